The van der Waals surface area contributed by atoms with Crippen LogP contribution in [0.15, 0.2) is 45.3 Å². The number of esters is 3. The summed E-state index contributed by atoms with van der Waals surface area (Å²) in [5.74, 6) is -3.73. The zero-order chi connectivity index (χ0) is 54.1. The Hall–Kier alpha value is -4.70. The molecule has 2 amide bonds. The van der Waals surface area contributed by atoms with E-state index in [-0.39, 0.29) is 93.3 Å². The van der Waals surface area contributed by atoms with Crippen LogP contribution in [0.2, 0.25) is 5.02 Å². The highest BCUT2D eigenvalue weighted by atomic mass is 79.9. The molecule has 73 heavy (non-hydrogen) atoms. The fourth-order valence-corrected chi connectivity index (χ4v) is 8.36. The third-order valence-electron chi connectivity index (χ3n) is 10.9. The number of aliphatic hydroxyl groups excluding tert-OH is 1. The van der Waals surface area contributed by atoms with Crippen LogP contribution < -0.4 is 9.47 Å². The van der Waals surface area contributed by atoms with Crippen LogP contribution in [0.1, 0.15) is 124 Å². The largest absolute Gasteiger partial charge is 0.507 e. The molecular formula is C50H65Br2Cl2F3N2O14. The van der Waals surface area contributed by atoms with E-state index in [0.29, 0.717) is 30.1 Å². The molecule has 23 heteroatoms. The number of rotatable bonds is 10. The molecular weight excluding hydrogens is 1140 g/mol. The smallest absolute Gasteiger partial charge is 0.410 e. The highest BCUT2D eigenvalue weighted by molar-refractivity contribution is 9.11. The van der Waals surface area contributed by atoms with E-state index in [0.717, 1.165) is 69.9 Å². The van der Waals surface area contributed by atoms with Crippen molar-refractivity contribution in [3.8, 4) is 17.2 Å². The van der Waals surface area contributed by atoms with Crippen LogP contribution in [-0.2, 0) is 23.7 Å². The molecule has 3 aromatic carbocycles. The van der Waals surface area contributed by atoms with Crippen LogP contribution in [0, 0.1) is 23.4 Å². The molecule has 16 nitrogen and oxygen atoms in total. The van der Waals surface area contributed by atoms with Crippen LogP contribution in [0.3, 0.4) is 0 Å². The second-order valence-corrected chi connectivity index (χ2v) is 20.8. The van der Waals surface area contributed by atoms with Crippen LogP contribution in [0.5, 0.6) is 17.2 Å². The Morgan fingerprint density at radius 3 is 1.49 bits per heavy atom. The zero-order valence-electron chi connectivity index (χ0n) is 42.3. The van der Waals surface area contributed by atoms with E-state index in [4.69, 9.17) is 40.8 Å². The molecule has 0 bridgehead atoms. The van der Waals surface area contributed by atoms with Crippen LogP contribution in [0.4, 0.5) is 22.8 Å². The van der Waals surface area contributed by atoms with Crippen molar-refractivity contribution in [3.05, 3.63) is 84.5 Å². The van der Waals surface area contributed by atoms with Crippen LogP contribution in [-0.4, -0.2) is 128 Å². The highest BCUT2D eigenvalue weighted by Gasteiger charge is 2.34. The van der Waals surface area contributed by atoms with E-state index in [9.17, 15) is 37.1 Å². The number of carbonyl (C=O) groups excluding carboxylic acids is 5. The highest BCUT2D eigenvalue weighted by Crippen LogP contribution is 2.33. The summed E-state index contributed by atoms with van der Waals surface area (Å²) in [4.78, 5) is 60.9. The number of benzene rings is 3. The zero-order valence-corrected chi connectivity index (χ0v) is 47.0. The molecule has 2 atom stereocenters. The molecule has 2 saturated heterocycles. The monoisotopic (exact) mass is 1200 g/mol. The van der Waals surface area contributed by atoms with Gasteiger partial charge in [0.05, 0.1) is 77.3 Å². The van der Waals surface area contributed by atoms with Gasteiger partial charge in [-0.2, -0.15) is 0 Å². The number of carbonyl (C=O) groups is 5. The van der Waals surface area contributed by atoms with Crippen LogP contribution >= 0.6 is 55.9 Å². The van der Waals surface area contributed by atoms with E-state index >= 15 is 0 Å². The molecule has 0 radical (unpaired) electrons. The van der Waals surface area contributed by atoms with Crippen molar-refractivity contribution in [1.29, 1.82) is 0 Å². The van der Waals surface area contributed by atoms with Crippen molar-refractivity contribution >= 4 is 86.0 Å². The minimum atomic E-state index is -0.812. The number of amides is 2. The molecule has 0 spiro atoms. The minimum absolute atomic E-state index is 0. The lowest BCUT2D eigenvalue weighted by molar-refractivity contribution is 0.0171. The molecule has 6 rings (SSSR count). The summed E-state index contributed by atoms with van der Waals surface area (Å²) in [5, 5.41) is 18.3. The summed E-state index contributed by atoms with van der Waals surface area (Å²) in [5.41, 5.74) is -1.60. The van der Waals surface area contributed by atoms with Gasteiger partial charge in [-0.05, 0) is 136 Å². The van der Waals surface area contributed by atoms with E-state index in [2.05, 4.69) is 46.1 Å². The third kappa shape index (κ3) is 20.5. The van der Waals surface area contributed by atoms with Crippen molar-refractivity contribution in [1.82, 2.24) is 9.80 Å². The minimum Gasteiger partial charge on any atom is -0.507 e. The molecule has 2 aliphatic heterocycles. The van der Waals surface area contributed by atoms with Crippen molar-refractivity contribution in [2.45, 2.75) is 116 Å². The number of hydrogen-bond donors (Lipinski definition) is 2. The molecule has 3 aliphatic rings. The summed E-state index contributed by atoms with van der Waals surface area (Å²) >= 11 is 12.2. The first kappa shape index (κ1) is 64.4. The van der Waals surface area contributed by atoms with Gasteiger partial charge < -0.3 is 53.2 Å². The standard InChI is InChI=1S/C18H23BrFNO5.C14H16ClFO3.C10H19NO3.C8H6BrFO3.ClH/c1-18(2,3)26-17(23)21-7-5-6-11(21)10-25-15-9-14(20)12(8-13(15)19)16(22)24-4;1-18-14(17)10-6-11(15)13(7-12(10)16)19-8-9-4-2-3-5-9;1-10(2,3)14-9(13)11-6-4-5-8(11)7-12;1-13-8(12)4-2-5(9)7(11)3-6(4)10;/h8-9,11H,5-7,10H2,1-4H3;6-7,9H,2-5,8H2,1H3;8,12H,4-7H2,1-3H3;2-3,11H,1H3;1H/t11-;;8-;;/m1.1../s1. The van der Waals surface area contributed by atoms with Gasteiger partial charge in [0.1, 0.15) is 52.5 Å². The normalized spacial score (nSPS) is 16.2. The Morgan fingerprint density at radius 1 is 0.616 bits per heavy atom. The Morgan fingerprint density at radius 2 is 1.03 bits per heavy atom. The summed E-state index contributed by atoms with van der Waals surface area (Å²) in [7, 11) is 3.54. The van der Waals surface area contributed by atoms with Crippen molar-refractivity contribution < 1.29 is 80.5 Å². The van der Waals surface area contributed by atoms with Gasteiger partial charge in [0.2, 0.25) is 0 Å². The number of hydrogen-bond acceptors (Lipinski definition) is 14. The molecule has 2 N–H and O–H groups in total. The first-order valence-electron chi connectivity index (χ1n) is 23.0. The van der Waals surface area contributed by atoms with Crippen LogP contribution in [0.25, 0.3) is 0 Å². The molecule has 1 aliphatic carbocycles. The maximum atomic E-state index is 14.1. The molecule has 0 aromatic heterocycles. The van der Waals surface area contributed by atoms with Crippen molar-refractivity contribution in [2.24, 2.45) is 5.92 Å². The SMILES string of the molecule is CC(C)(C)OC(=O)N1CCC[C@@H]1CO.COC(=O)c1cc(Br)c(O)cc1F.COC(=O)c1cc(Br)c(OC[C@H]2CCCN2C(=O)OC(C)(C)C)cc1F.COC(=O)c1cc(Cl)c(OCC2CCCC2)cc1F.Cl. The number of aliphatic hydroxyl groups is 1. The maximum absolute atomic E-state index is 14.1. The number of aromatic hydroxyl groups is 1. The van der Waals surface area contributed by atoms with Gasteiger partial charge in [-0.25, -0.2) is 37.1 Å². The molecule has 408 valence electrons. The lowest BCUT2D eigenvalue weighted by Gasteiger charge is -2.28. The Labute approximate surface area is 452 Å². The Bertz CT molecular complexity index is 2350. The van der Waals surface area contributed by atoms with E-state index in [1.807, 2.05) is 41.5 Å². The third-order valence-corrected chi connectivity index (χ3v) is 12.4. The summed E-state index contributed by atoms with van der Waals surface area (Å²) in [6, 6.07) is 6.63. The number of nitrogens with zero attached hydrogens (tertiary/aromatic N) is 2. The number of halogens is 7. The predicted molar refractivity (Wildman–Crippen MR) is 274 cm³/mol. The molecule has 0 unspecified atom stereocenters. The quantitative estimate of drug-likeness (QED) is 0.144. The summed E-state index contributed by atoms with van der Waals surface area (Å²) < 4.78 is 76.7. The number of phenolic OH excluding ortho intramolecular Hbond substituents is 1. The number of methoxy groups -OCH3 is 3. The molecule has 2 heterocycles. The Balaban J connectivity index is 0.000000345. The maximum Gasteiger partial charge on any atom is 0.410 e. The molecule has 3 fully saturated rings. The topological polar surface area (TPSA) is 197 Å². The lowest BCUT2D eigenvalue weighted by Crippen LogP contribution is -2.42. The van der Waals surface area contributed by atoms with Crippen molar-refractivity contribution in [3.63, 3.8) is 0 Å². The second kappa shape index (κ2) is 30.0. The Kier molecular flexibility index (Phi) is 26.5. The van der Waals surface area contributed by atoms with E-state index < -0.39 is 46.6 Å². The fourth-order valence-electron chi connectivity index (χ4n) is 7.34. The number of phenols is 1. The second-order valence-electron chi connectivity index (χ2n) is 18.7. The van der Waals surface area contributed by atoms with Gasteiger partial charge in [-0.1, -0.05) is 24.4 Å². The van der Waals surface area contributed by atoms with E-state index in [1.165, 1.54) is 39.2 Å². The predicted octanol–water partition coefficient (Wildman–Crippen LogP) is 11.9. The first-order valence-corrected chi connectivity index (χ1v) is 25.0. The fraction of sp³-hybridized carbons (Fsp3) is 0.540. The molecule has 3 aromatic rings. The lowest BCUT2D eigenvalue weighted by atomic mass is 10.1. The van der Waals surface area contributed by atoms with Gasteiger partial charge >= 0.3 is 30.1 Å². The van der Waals surface area contributed by atoms with Gasteiger partial charge in [0.25, 0.3) is 0 Å². The van der Waals surface area contributed by atoms with Gasteiger partial charge in [-0.15, -0.1) is 12.4 Å². The van der Waals surface area contributed by atoms with Gasteiger partial charge in [0, 0.05) is 31.3 Å². The first-order chi connectivity index (χ1) is 33.7. The average Bonchev–Trinajstić information content (AvgIpc) is 4.13. The number of ether oxygens (including phenoxy) is 7. The number of likely N-dealkylation sites (tertiary alicyclic amines) is 2. The summed E-state index contributed by atoms with van der Waals surface area (Å²) in [6.07, 6.45) is 7.48. The van der Waals surface area contributed by atoms with Crippen molar-refractivity contribution in [2.75, 3.05) is 54.2 Å². The van der Waals surface area contributed by atoms with Gasteiger partial charge in [0.15, 0.2) is 0 Å². The van der Waals surface area contributed by atoms with Gasteiger partial charge in [-0.3, -0.25) is 0 Å². The summed E-state index contributed by atoms with van der Waals surface area (Å²) in [6.45, 7) is 13.0. The van der Waals surface area contributed by atoms with E-state index in [1.54, 1.807) is 9.80 Å². The average molecular weight is 1210 g/mol. The molecule has 1 saturated carbocycles.